The van der Waals surface area contributed by atoms with E-state index in [-0.39, 0.29) is 16.9 Å². The molecule has 5 heteroatoms. The summed E-state index contributed by atoms with van der Waals surface area (Å²) in [7, 11) is 0. The average Bonchev–Trinajstić information content (AvgIpc) is 2.61. The second kappa shape index (κ2) is 3.34. The van der Waals surface area contributed by atoms with E-state index in [0.29, 0.717) is 5.69 Å². The van der Waals surface area contributed by atoms with Crippen molar-refractivity contribution < 1.29 is 8.78 Å². The van der Waals surface area contributed by atoms with Crippen LogP contribution < -0.4 is 5.73 Å². The van der Waals surface area contributed by atoms with Gasteiger partial charge in [-0.2, -0.15) is 5.10 Å². The van der Waals surface area contributed by atoms with Crippen LogP contribution >= 0.6 is 0 Å². The molecule has 0 aliphatic rings. The maximum absolute atomic E-state index is 13.5. The molecule has 0 unspecified atom stereocenters. The maximum atomic E-state index is 13.5. The van der Waals surface area contributed by atoms with Gasteiger partial charge in [0, 0.05) is 11.6 Å². The van der Waals surface area contributed by atoms with Crippen LogP contribution in [0.1, 0.15) is 5.56 Å². The molecule has 2 rings (SSSR count). The van der Waals surface area contributed by atoms with Crippen molar-refractivity contribution in [3.05, 3.63) is 35.4 Å². The summed E-state index contributed by atoms with van der Waals surface area (Å²) < 4.78 is 26.7. The summed E-state index contributed by atoms with van der Waals surface area (Å²) in [6.45, 7) is 1.50. The number of nitrogens with two attached hydrogens (primary N) is 1. The molecule has 0 saturated heterocycles. The Hall–Kier alpha value is -1.91. The summed E-state index contributed by atoms with van der Waals surface area (Å²) in [4.78, 5) is 0. The van der Waals surface area contributed by atoms with Crippen LogP contribution in [0.15, 0.2) is 18.2 Å². The second-order valence-electron chi connectivity index (χ2n) is 3.26. The van der Waals surface area contributed by atoms with E-state index in [2.05, 4.69) is 10.2 Å². The zero-order chi connectivity index (χ0) is 11.0. The van der Waals surface area contributed by atoms with E-state index < -0.39 is 11.6 Å². The van der Waals surface area contributed by atoms with Gasteiger partial charge in [-0.3, -0.25) is 5.10 Å². The topological polar surface area (TPSA) is 54.7 Å². The minimum absolute atomic E-state index is 0.127. The Bertz CT molecular complexity index is 505. The fraction of sp³-hybridized carbons (Fsp3) is 0.100. The Balaban J connectivity index is 2.59. The highest BCUT2D eigenvalue weighted by molar-refractivity contribution is 5.63. The van der Waals surface area contributed by atoms with Crippen molar-refractivity contribution in [3.8, 4) is 11.3 Å². The van der Waals surface area contributed by atoms with E-state index in [0.717, 1.165) is 0 Å². The van der Waals surface area contributed by atoms with Gasteiger partial charge < -0.3 is 5.73 Å². The molecule has 78 valence electrons. The van der Waals surface area contributed by atoms with Crippen LogP contribution in [-0.4, -0.2) is 10.2 Å². The monoisotopic (exact) mass is 209 g/mol. The SMILES string of the molecule is Cc1ccc(-c2cc(N)n[nH]2)c(F)c1F. The highest BCUT2D eigenvalue weighted by Crippen LogP contribution is 2.25. The van der Waals surface area contributed by atoms with Crippen molar-refractivity contribution in [2.75, 3.05) is 5.73 Å². The third kappa shape index (κ3) is 1.56. The molecule has 1 heterocycles. The predicted molar refractivity (Wildman–Crippen MR) is 53.1 cm³/mol. The van der Waals surface area contributed by atoms with Crippen LogP contribution in [0.3, 0.4) is 0 Å². The summed E-state index contributed by atoms with van der Waals surface area (Å²) in [5.41, 5.74) is 6.13. The van der Waals surface area contributed by atoms with E-state index >= 15 is 0 Å². The van der Waals surface area contributed by atoms with Crippen molar-refractivity contribution >= 4 is 5.82 Å². The molecule has 3 nitrogen and oxygen atoms in total. The average molecular weight is 209 g/mol. The molecule has 0 aliphatic heterocycles. The Kier molecular flexibility index (Phi) is 2.15. The van der Waals surface area contributed by atoms with Gasteiger partial charge in [-0.05, 0) is 18.6 Å². The lowest BCUT2D eigenvalue weighted by Gasteiger charge is -2.03. The Labute approximate surface area is 84.9 Å². The number of aromatic nitrogens is 2. The first-order valence-corrected chi connectivity index (χ1v) is 4.35. The molecule has 1 aromatic carbocycles. The van der Waals surface area contributed by atoms with Crippen LogP contribution in [0.25, 0.3) is 11.3 Å². The van der Waals surface area contributed by atoms with Gasteiger partial charge >= 0.3 is 0 Å². The third-order valence-electron chi connectivity index (χ3n) is 2.16. The number of benzene rings is 1. The number of halogens is 2. The van der Waals surface area contributed by atoms with Crippen LogP contribution in [-0.2, 0) is 0 Å². The minimum atomic E-state index is -0.890. The quantitative estimate of drug-likeness (QED) is 0.756. The number of hydrogen-bond donors (Lipinski definition) is 2. The number of aromatic amines is 1. The highest BCUT2D eigenvalue weighted by atomic mass is 19.2. The number of nitrogen functional groups attached to an aromatic ring is 1. The highest BCUT2D eigenvalue weighted by Gasteiger charge is 2.13. The minimum Gasteiger partial charge on any atom is -0.382 e. The lowest BCUT2D eigenvalue weighted by molar-refractivity contribution is 0.505. The van der Waals surface area contributed by atoms with Gasteiger partial charge in [0.05, 0.1) is 5.69 Å². The first-order chi connectivity index (χ1) is 7.09. The van der Waals surface area contributed by atoms with Crippen molar-refractivity contribution in [1.29, 1.82) is 0 Å². The molecule has 0 bridgehead atoms. The van der Waals surface area contributed by atoms with Gasteiger partial charge in [0.2, 0.25) is 0 Å². The fourth-order valence-corrected chi connectivity index (χ4v) is 1.33. The fourth-order valence-electron chi connectivity index (χ4n) is 1.33. The van der Waals surface area contributed by atoms with Gasteiger partial charge in [-0.25, -0.2) is 8.78 Å². The number of aryl methyl sites for hydroxylation is 1. The molecule has 0 amide bonds. The van der Waals surface area contributed by atoms with Gasteiger partial charge in [-0.15, -0.1) is 0 Å². The van der Waals surface area contributed by atoms with Crippen LogP contribution in [0.5, 0.6) is 0 Å². The number of nitrogens with one attached hydrogen (secondary N) is 1. The number of nitrogens with zero attached hydrogens (tertiary/aromatic N) is 1. The molecule has 0 saturated carbocycles. The molecule has 3 N–H and O–H groups in total. The maximum Gasteiger partial charge on any atom is 0.168 e. The van der Waals surface area contributed by atoms with Crippen molar-refractivity contribution in [1.82, 2.24) is 10.2 Å². The van der Waals surface area contributed by atoms with Gasteiger partial charge in [0.25, 0.3) is 0 Å². The molecule has 0 atom stereocenters. The van der Waals surface area contributed by atoms with Gasteiger partial charge in [0.1, 0.15) is 5.82 Å². The number of hydrogen-bond acceptors (Lipinski definition) is 2. The Morgan fingerprint density at radius 1 is 1.27 bits per heavy atom. The second-order valence-corrected chi connectivity index (χ2v) is 3.26. The summed E-state index contributed by atoms with van der Waals surface area (Å²) in [6.07, 6.45) is 0. The van der Waals surface area contributed by atoms with E-state index in [9.17, 15) is 8.78 Å². The molecule has 0 aliphatic carbocycles. The standard InChI is InChI=1S/C10H9F2N3/c1-5-2-3-6(10(12)9(5)11)7-4-8(13)15-14-7/h2-4H,1H3,(H3,13,14,15). The lowest BCUT2D eigenvalue weighted by Crippen LogP contribution is -1.93. The first-order valence-electron chi connectivity index (χ1n) is 4.35. The van der Waals surface area contributed by atoms with Gasteiger partial charge in [0.15, 0.2) is 11.6 Å². The van der Waals surface area contributed by atoms with E-state index in [1.54, 1.807) is 0 Å². The normalized spacial score (nSPS) is 10.6. The molecule has 0 radical (unpaired) electrons. The molecule has 2 aromatic rings. The van der Waals surface area contributed by atoms with Crippen molar-refractivity contribution in [2.24, 2.45) is 0 Å². The largest absolute Gasteiger partial charge is 0.382 e. The summed E-state index contributed by atoms with van der Waals surface area (Å²) in [5, 5.41) is 6.18. The molecular weight excluding hydrogens is 200 g/mol. The lowest BCUT2D eigenvalue weighted by atomic mass is 10.1. The molecule has 1 aromatic heterocycles. The van der Waals surface area contributed by atoms with Crippen molar-refractivity contribution in [3.63, 3.8) is 0 Å². The smallest absolute Gasteiger partial charge is 0.168 e. The Morgan fingerprint density at radius 2 is 2.00 bits per heavy atom. The molecule has 0 fully saturated rings. The van der Waals surface area contributed by atoms with Crippen molar-refractivity contribution in [2.45, 2.75) is 6.92 Å². The number of rotatable bonds is 1. The van der Waals surface area contributed by atoms with Gasteiger partial charge in [-0.1, -0.05) is 6.07 Å². The first kappa shape index (κ1) is 9.64. The zero-order valence-electron chi connectivity index (χ0n) is 8.01. The summed E-state index contributed by atoms with van der Waals surface area (Å²) in [6, 6.07) is 4.44. The van der Waals surface area contributed by atoms with Crippen LogP contribution in [0, 0.1) is 18.6 Å². The predicted octanol–water partition coefficient (Wildman–Crippen LogP) is 2.25. The number of H-pyrrole nitrogens is 1. The van der Waals surface area contributed by atoms with E-state index in [1.165, 1.54) is 25.1 Å². The van der Waals surface area contributed by atoms with Crippen LogP contribution in [0.4, 0.5) is 14.6 Å². The van der Waals surface area contributed by atoms with E-state index in [1.807, 2.05) is 0 Å². The molecule has 0 spiro atoms. The summed E-state index contributed by atoms with van der Waals surface area (Å²) >= 11 is 0. The van der Waals surface area contributed by atoms with Crippen LogP contribution in [0.2, 0.25) is 0 Å². The molecule has 15 heavy (non-hydrogen) atoms. The summed E-state index contributed by atoms with van der Waals surface area (Å²) in [5.74, 6) is -1.50. The third-order valence-corrected chi connectivity index (χ3v) is 2.16. The zero-order valence-corrected chi connectivity index (χ0v) is 8.01. The Morgan fingerprint density at radius 3 is 2.60 bits per heavy atom. The number of anilines is 1. The van der Waals surface area contributed by atoms with E-state index in [4.69, 9.17) is 5.73 Å². The molecular formula is C10H9F2N3.